The highest BCUT2D eigenvalue weighted by atomic mass is 32.2. The summed E-state index contributed by atoms with van der Waals surface area (Å²) in [6.07, 6.45) is 3.38. The third-order valence-corrected chi connectivity index (χ3v) is 6.42. The smallest absolute Gasteiger partial charge is 0.280 e. The van der Waals surface area contributed by atoms with Gasteiger partial charge >= 0.3 is 0 Å². The summed E-state index contributed by atoms with van der Waals surface area (Å²) in [7, 11) is -4.37. The molecule has 0 unspecified atom stereocenters. The molecule has 0 saturated carbocycles. The molecule has 4 aromatic rings. The van der Waals surface area contributed by atoms with Gasteiger partial charge < -0.3 is 4.74 Å². The van der Waals surface area contributed by atoms with E-state index in [1.54, 1.807) is 29.1 Å². The minimum absolute atomic E-state index is 0.102. The molecule has 0 saturated heterocycles. The molecule has 2 aromatic heterocycles. The van der Waals surface area contributed by atoms with Gasteiger partial charge in [-0.25, -0.2) is 13.4 Å². The van der Waals surface area contributed by atoms with E-state index < -0.39 is 36.1 Å². The van der Waals surface area contributed by atoms with Crippen LogP contribution < -0.4 is 9.46 Å². The van der Waals surface area contributed by atoms with Gasteiger partial charge in [0.15, 0.2) is 5.82 Å². The number of sulfonamides is 1. The zero-order valence-corrected chi connectivity index (χ0v) is 19.5. The summed E-state index contributed by atoms with van der Waals surface area (Å²) in [6.45, 7) is 3.00. The number of anilines is 1. The third-order valence-electron chi connectivity index (χ3n) is 5.06. The number of imidazole rings is 1. The second-order valence-electron chi connectivity index (χ2n) is 7.41. The lowest BCUT2D eigenvalue weighted by atomic mass is 10.1. The number of rotatable bonds is 8. The second-order valence-corrected chi connectivity index (χ2v) is 9.09. The predicted molar refractivity (Wildman–Crippen MR) is 126 cm³/mol. The van der Waals surface area contributed by atoms with Gasteiger partial charge in [0.25, 0.3) is 21.4 Å². The van der Waals surface area contributed by atoms with Crippen molar-refractivity contribution in [3.63, 3.8) is 0 Å². The summed E-state index contributed by atoms with van der Waals surface area (Å²) in [5.41, 5.74) is -1.50. The molecular formula is C21H17N7O7S. The van der Waals surface area contributed by atoms with E-state index in [4.69, 9.17) is 4.74 Å². The van der Waals surface area contributed by atoms with Crippen molar-refractivity contribution in [2.24, 2.45) is 0 Å². The van der Waals surface area contributed by atoms with Gasteiger partial charge in [0.05, 0.1) is 9.85 Å². The summed E-state index contributed by atoms with van der Waals surface area (Å²) in [6, 6.07) is 10.6. The Hall–Kier alpha value is -4.92. The van der Waals surface area contributed by atoms with Crippen molar-refractivity contribution in [2.75, 3.05) is 4.72 Å². The highest BCUT2D eigenvalue weighted by molar-refractivity contribution is 7.92. The molecule has 184 valence electrons. The van der Waals surface area contributed by atoms with E-state index in [-0.39, 0.29) is 17.1 Å². The monoisotopic (exact) mass is 511 g/mol. The van der Waals surface area contributed by atoms with Crippen molar-refractivity contribution < 1.29 is 23.0 Å². The number of nitro benzene ring substituents is 2. The first-order chi connectivity index (χ1) is 17.0. The number of ether oxygens (including phenoxy) is 1. The molecule has 0 radical (unpaired) electrons. The molecule has 4 rings (SSSR count). The summed E-state index contributed by atoms with van der Waals surface area (Å²) >= 11 is 0. The van der Waals surface area contributed by atoms with Gasteiger partial charge in [-0.15, -0.1) is 10.2 Å². The number of aromatic nitrogens is 4. The molecule has 36 heavy (non-hydrogen) atoms. The Morgan fingerprint density at radius 2 is 1.58 bits per heavy atom. The SMILES string of the molecule is Cc1c([N+](=O)[O-])cc(S(=O)(=O)Nc2ccc(Oc3ccc(-n4ccnc4C)nn3)cc2)cc1[N+](=O)[O-]. The Labute approximate surface area is 203 Å². The fourth-order valence-corrected chi connectivity index (χ4v) is 4.33. The first kappa shape index (κ1) is 24.2. The van der Waals surface area contributed by atoms with Crippen LogP contribution in [0.25, 0.3) is 5.82 Å². The topological polar surface area (TPSA) is 185 Å². The van der Waals surface area contributed by atoms with Crippen LogP contribution >= 0.6 is 0 Å². The minimum atomic E-state index is -4.37. The fourth-order valence-electron chi connectivity index (χ4n) is 3.24. The molecular weight excluding hydrogens is 494 g/mol. The molecule has 0 aliphatic heterocycles. The van der Waals surface area contributed by atoms with Crippen molar-refractivity contribution in [2.45, 2.75) is 18.7 Å². The Kier molecular flexibility index (Phi) is 6.31. The Bertz CT molecular complexity index is 1530. The molecule has 0 bridgehead atoms. The normalized spacial score (nSPS) is 11.2. The largest absolute Gasteiger partial charge is 0.438 e. The fraction of sp³-hybridized carbons (Fsp3) is 0.0952. The number of nitro groups is 2. The molecule has 2 aromatic carbocycles. The zero-order valence-electron chi connectivity index (χ0n) is 18.7. The van der Waals surface area contributed by atoms with Crippen LogP contribution in [0.1, 0.15) is 11.4 Å². The molecule has 2 heterocycles. The van der Waals surface area contributed by atoms with Gasteiger partial charge in [0, 0.05) is 36.3 Å². The molecule has 1 N–H and O–H groups in total. The van der Waals surface area contributed by atoms with Crippen LogP contribution in [0.3, 0.4) is 0 Å². The van der Waals surface area contributed by atoms with E-state index in [1.807, 2.05) is 6.92 Å². The number of hydrogen-bond acceptors (Lipinski definition) is 10. The van der Waals surface area contributed by atoms with Gasteiger partial charge in [-0.2, -0.15) is 0 Å². The number of aryl methyl sites for hydroxylation is 1. The van der Waals surface area contributed by atoms with E-state index in [0.29, 0.717) is 11.6 Å². The summed E-state index contributed by atoms with van der Waals surface area (Å²) < 4.78 is 35.2. The van der Waals surface area contributed by atoms with Crippen molar-refractivity contribution in [3.8, 4) is 17.4 Å². The molecule has 15 heteroatoms. The molecule has 0 fully saturated rings. The molecule has 0 amide bonds. The van der Waals surface area contributed by atoms with Gasteiger partial charge in [-0.3, -0.25) is 29.5 Å². The van der Waals surface area contributed by atoms with Crippen LogP contribution in [-0.4, -0.2) is 38.0 Å². The lowest BCUT2D eigenvalue weighted by molar-refractivity contribution is -0.395. The molecule has 0 aliphatic carbocycles. The Balaban J connectivity index is 1.51. The lowest BCUT2D eigenvalue weighted by Gasteiger charge is -2.10. The van der Waals surface area contributed by atoms with E-state index in [1.165, 1.54) is 31.2 Å². The molecule has 0 aliphatic rings. The van der Waals surface area contributed by atoms with Gasteiger partial charge in [0.2, 0.25) is 5.88 Å². The average Bonchev–Trinajstić information content (AvgIpc) is 3.26. The minimum Gasteiger partial charge on any atom is -0.438 e. The third kappa shape index (κ3) is 4.95. The maximum absolute atomic E-state index is 12.8. The van der Waals surface area contributed by atoms with Crippen molar-refractivity contribution in [3.05, 3.63) is 92.5 Å². The molecule has 0 atom stereocenters. The highest BCUT2D eigenvalue weighted by Gasteiger charge is 2.28. The van der Waals surface area contributed by atoms with Gasteiger partial charge in [0.1, 0.15) is 22.0 Å². The first-order valence-corrected chi connectivity index (χ1v) is 11.6. The number of hydrogen-bond donors (Lipinski definition) is 1. The lowest BCUT2D eigenvalue weighted by Crippen LogP contribution is -2.14. The summed E-state index contributed by atoms with van der Waals surface area (Å²) in [5, 5.41) is 30.6. The van der Waals surface area contributed by atoms with Crippen LogP contribution in [-0.2, 0) is 10.0 Å². The first-order valence-electron chi connectivity index (χ1n) is 10.1. The highest BCUT2D eigenvalue weighted by Crippen LogP contribution is 2.32. The van der Waals surface area contributed by atoms with Crippen molar-refractivity contribution in [1.29, 1.82) is 0 Å². The maximum Gasteiger partial charge on any atom is 0.280 e. The quantitative estimate of drug-likeness (QED) is 0.270. The van der Waals surface area contributed by atoms with E-state index in [2.05, 4.69) is 19.9 Å². The standard InChI is InChI=1S/C21H17N7O7S/c1-13-18(27(29)30)11-17(12-19(13)28(31)32)36(33,34)25-15-3-5-16(6-4-15)35-21-8-7-20(23-24-21)26-10-9-22-14(26)2/h3-12,25H,1-2H3. The Morgan fingerprint density at radius 3 is 2.08 bits per heavy atom. The number of nitrogens with one attached hydrogen (secondary N) is 1. The zero-order chi connectivity index (χ0) is 26.0. The summed E-state index contributed by atoms with van der Waals surface area (Å²) in [5.74, 6) is 1.83. The predicted octanol–water partition coefficient (Wildman–Crippen LogP) is 3.69. The average molecular weight is 511 g/mol. The molecule has 14 nitrogen and oxygen atoms in total. The van der Waals surface area contributed by atoms with E-state index in [0.717, 1.165) is 18.0 Å². The van der Waals surface area contributed by atoms with Crippen molar-refractivity contribution in [1.82, 2.24) is 19.7 Å². The Morgan fingerprint density at radius 1 is 0.944 bits per heavy atom. The van der Waals surface area contributed by atoms with Crippen LogP contribution in [0.15, 0.2) is 65.8 Å². The number of nitrogens with zero attached hydrogens (tertiary/aromatic N) is 6. The van der Waals surface area contributed by atoms with Crippen LogP contribution in [0.2, 0.25) is 0 Å². The second kappa shape index (κ2) is 9.38. The van der Waals surface area contributed by atoms with Crippen LogP contribution in [0, 0.1) is 34.1 Å². The van der Waals surface area contributed by atoms with E-state index >= 15 is 0 Å². The van der Waals surface area contributed by atoms with Crippen LogP contribution in [0.4, 0.5) is 17.1 Å². The molecule has 0 spiro atoms. The van der Waals surface area contributed by atoms with Crippen molar-refractivity contribution >= 4 is 27.1 Å². The number of benzene rings is 2. The maximum atomic E-state index is 12.8. The summed E-state index contributed by atoms with van der Waals surface area (Å²) in [4.78, 5) is 24.3. The van der Waals surface area contributed by atoms with Gasteiger partial charge in [-0.1, -0.05) is 0 Å². The van der Waals surface area contributed by atoms with Gasteiger partial charge in [-0.05, 0) is 44.2 Å². The van der Waals surface area contributed by atoms with Crippen LogP contribution in [0.5, 0.6) is 11.6 Å². The van der Waals surface area contributed by atoms with E-state index in [9.17, 15) is 28.6 Å².